The highest BCUT2D eigenvalue weighted by molar-refractivity contribution is 7.89. The molecule has 7 nitrogen and oxygen atoms in total. The number of hydrogen-bond donors (Lipinski definition) is 1. The van der Waals surface area contributed by atoms with Gasteiger partial charge < -0.3 is 4.74 Å². The van der Waals surface area contributed by atoms with Gasteiger partial charge in [0.25, 0.3) is 5.91 Å². The summed E-state index contributed by atoms with van der Waals surface area (Å²) in [6.07, 6.45) is 0.304. The molecular weight excluding hydrogens is 435 g/mol. The van der Waals surface area contributed by atoms with Crippen molar-refractivity contribution in [3.8, 4) is 11.5 Å². The summed E-state index contributed by atoms with van der Waals surface area (Å²) in [5, 5.41) is 1.19. The second-order valence-electron chi connectivity index (χ2n) is 7.19. The molecule has 0 radical (unpaired) electrons. The summed E-state index contributed by atoms with van der Waals surface area (Å²) in [6.45, 7) is 0.519. The van der Waals surface area contributed by atoms with Gasteiger partial charge in [-0.05, 0) is 60.5 Å². The highest BCUT2D eigenvalue weighted by atomic mass is 32.2. The minimum absolute atomic E-state index is 0.000380. The molecule has 4 rings (SSSR count). The smallest absolute Gasteiger partial charge is 0.264 e. The number of hydrogen-bond acceptors (Lipinski definition) is 5. The van der Waals surface area contributed by atoms with Gasteiger partial charge in [0.1, 0.15) is 30.0 Å². The summed E-state index contributed by atoms with van der Waals surface area (Å²) in [5.41, 5.74) is 0.910. The summed E-state index contributed by atoms with van der Waals surface area (Å²) < 4.78 is 46.4. The molecule has 32 heavy (non-hydrogen) atoms. The van der Waals surface area contributed by atoms with Crippen molar-refractivity contribution in [1.29, 1.82) is 0 Å². The van der Waals surface area contributed by atoms with Crippen molar-refractivity contribution >= 4 is 15.9 Å². The molecule has 1 unspecified atom stereocenters. The Hall–Kier alpha value is -3.27. The number of nitrogens with zero attached hydrogens (tertiary/aromatic N) is 1. The number of hydroxylamine groups is 2. The number of sulfonamides is 1. The van der Waals surface area contributed by atoms with E-state index in [1.54, 1.807) is 0 Å². The predicted octanol–water partition coefficient (Wildman–Crippen LogP) is 3.63. The molecule has 0 spiro atoms. The van der Waals surface area contributed by atoms with Gasteiger partial charge >= 0.3 is 0 Å². The van der Waals surface area contributed by atoms with Crippen LogP contribution >= 0.6 is 0 Å². The van der Waals surface area contributed by atoms with Gasteiger partial charge in [-0.25, -0.2) is 17.9 Å². The first kappa shape index (κ1) is 21.9. The zero-order valence-corrected chi connectivity index (χ0v) is 17.8. The molecule has 3 aromatic rings. The Labute approximate surface area is 185 Å². The lowest BCUT2D eigenvalue weighted by Crippen LogP contribution is -2.41. The molecule has 1 fully saturated rings. The van der Waals surface area contributed by atoms with Crippen molar-refractivity contribution in [2.24, 2.45) is 0 Å². The molecule has 1 saturated heterocycles. The van der Waals surface area contributed by atoms with E-state index < -0.39 is 22.0 Å². The monoisotopic (exact) mass is 456 g/mol. The Morgan fingerprint density at radius 2 is 1.56 bits per heavy atom. The quantitative estimate of drug-likeness (QED) is 0.560. The van der Waals surface area contributed by atoms with E-state index in [1.165, 1.54) is 53.6 Å². The summed E-state index contributed by atoms with van der Waals surface area (Å²) in [5.74, 6) is 0.0105. The van der Waals surface area contributed by atoms with E-state index in [-0.39, 0.29) is 17.3 Å². The van der Waals surface area contributed by atoms with Gasteiger partial charge in [-0.1, -0.05) is 30.3 Å². The van der Waals surface area contributed by atoms with Crippen molar-refractivity contribution in [1.82, 2.24) is 9.79 Å². The first-order chi connectivity index (χ1) is 15.4. The minimum Gasteiger partial charge on any atom is -0.457 e. The van der Waals surface area contributed by atoms with Crippen LogP contribution in [0, 0.1) is 5.82 Å². The molecule has 1 heterocycles. The lowest BCUT2D eigenvalue weighted by molar-refractivity contribution is -0.183. The fraction of sp³-hybridized carbons (Fsp3) is 0.174. The van der Waals surface area contributed by atoms with E-state index in [0.29, 0.717) is 24.5 Å². The molecule has 1 aliphatic rings. The van der Waals surface area contributed by atoms with Crippen LogP contribution in [-0.4, -0.2) is 32.0 Å². The van der Waals surface area contributed by atoms with Crippen LogP contribution < -0.4 is 9.46 Å². The molecule has 0 aliphatic carbocycles. The molecule has 1 aliphatic heterocycles. The molecule has 1 N–H and O–H groups in total. The summed E-state index contributed by atoms with van der Waals surface area (Å²) >= 11 is 0. The van der Waals surface area contributed by atoms with Crippen LogP contribution in [0.25, 0.3) is 0 Å². The zero-order valence-electron chi connectivity index (χ0n) is 17.0. The average Bonchev–Trinajstić information content (AvgIpc) is 3.13. The van der Waals surface area contributed by atoms with Crippen LogP contribution in [0.15, 0.2) is 83.8 Å². The number of carbonyl (C=O) groups is 1. The summed E-state index contributed by atoms with van der Waals surface area (Å²) in [7, 11) is -3.92. The molecule has 1 amide bonds. The van der Waals surface area contributed by atoms with Crippen molar-refractivity contribution in [3.05, 3.63) is 90.2 Å². The third kappa shape index (κ3) is 5.31. The third-order valence-electron chi connectivity index (χ3n) is 4.88. The van der Waals surface area contributed by atoms with E-state index in [4.69, 9.17) is 9.57 Å². The van der Waals surface area contributed by atoms with Gasteiger partial charge in [0.2, 0.25) is 10.0 Å². The Bertz CT molecular complexity index is 1170. The fourth-order valence-electron chi connectivity index (χ4n) is 3.20. The molecule has 1 atom stereocenters. The van der Waals surface area contributed by atoms with Crippen LogP contribution in [0.1, 0.15) is 12.0 Å². The largest absolute Gasteiger partial charge is 0.457 e. The van der Waals surface area contributed by atoms with Gasteiger partial charge in [-0.3, -0.25) is 9.63 Å². The Morgan fingerprint density at radius 3 is 2.22 bits per heavy atom. The van der Waals surface area contributed by atoms with E-state index in [2.05, 4.69) is 4.72 Å². The number of carbonyl (C=O) groups excluding carboxylic acids is 1. The molecule has 0 saturated carbocycles. The highest BCUT2D eigenvalue weighted by Crippen LogP contribution is 2.24. The Morgan fingerprint density at radius 1 is 0.938 bits per heavy atom. The minimum atomic E-state index is -3.92. The first-order valence-electron chi connectivity index (χ1n) is 9.95. The standard InChI is InChI=1S/C23H21FN2O5S/c24-18-6-8-19(9-7-18)31-20-10-12-21(13-11-20)32(28,29)25-22-14-15-26(23(22)27)30-16-17-4-2-1-3-5-17/h1-13,22,25H,14-16H2. The topological polar surface area (TPSA) is 84.9 Å². The van der Waals surface area contributed by atoms with E-state index in [0.717, 1.165) is 5.56 Å². The first-order valence-corrected chi connectivity index (χ1v) is 11.4. The fourth-order valence-corrected chi connectivity index (χ4v) is 4.42. The van der Waals surface area contributed by atoms with Gasteiger partial charge in [0, 0.05) is 0 Å². The average molecular weight is 456 g/mol. The van der Waals surface area contributed by atoms with Gasteiger partial charge in [-0.15, -0.1) is 0 Å². The number of ether oxygens (including phenoxy) is 1. The van der Waals surface area contributed by atoms with Crippen molar-refractivity contribution in [2.75, 3.05) is 6.54 Å². The predicted molar refractivity (Wildman–Crippen MR) is 115 cm³/mol. The van der Waals surface area contributed by atoms with Crippen LogP contribution in [-0.2, 0) is 26.3 Å². The van der Waals surface area contributed by atoms with Crippen molar-refractivity contribution < 1.29 is 27.2 Å². The molecule has 166 valence electrons. The summed E-state index contributed by atoms with van der Waals surface area (Å²) in [4.78, 5) is 18.1. The molecule has 3 aromatic carbocycles. The number of amides is 1. The SMILES string of the molecule is O=C1C(NS(=O)(=O)c2ccc(Oc3ccc(F)cc3)cc2)CCN1OCc1ccccc1. The van der Waals surface area contributed by atoms with Crippen molar-refractivity contribution in [2.45, 2.75) is 24.0 Å². The van der Waals surface area contributed by atoms with Crippen LogP contribution in [0.5, 0.6) is 11.5 Å². The maximum Gasteiger partial charge on any atom is 0.264 e. The Kier molecular flexibility index (Phi) is 6.50. The number of rotatable bonds is 8. The van der Waals surface area contributed by atoms with E-state index in [1.807, 2.05) is 30.3 Å². The van der Waals surface area contributed by atoms with Crippen molar-refractivity contribution in [3.63, 3.8) is 0 Å². The van der Waals surface area contributed by atoms with Gasteiger partial charge in [0.05, 0.1) is 11.4 Å². The maximum atomic E-state index is 13.0. The second-order valence-corrected chi connectivity index (χ2v) is 8.90. The lowest BCUT2D eigenvalue weighted by atomic mass is 10.2. The van der Waals surface area contributed by atoms with Crippen LogP contribution in [0.3, 0.4) is 0 Å². The normalized spacial score (nSPS) is 16.3. The van der Waals surface area contributed by atoms with Crippen LogP contribution in [0.4, 0.5) is 4.39 Å². The maximum absolute atomic E-state index is 13.0. The second kappa shape index (κ2) is 9.47. The molecule has 9 heteroatoms. The van der Waals surface area contributed by atoms with E-state index in [9.17, 15) is 17.6 Å². The van der Waals surface area contributed by atoms with Gasteiger partial charge in [0.15, 0.2) is 0 Å². The van der Waals surface area contributed by atoms with E-state index >= 15 is 0 Å². The Balaban J connectivity index is 1.35. The summed E-state index contributed by atoms with van der Waals surface area (Å²) in [6, 6.07) is 19.7. The lowest BCUT2D eigenvalue weighted by Gasteiger charge is -2.17. The molecule has 0 bridgehead atoms. The number of halogens is 1. The number of benzene rings is 3. The number of nitrogens with one attached hydrogen (secondary N) is 1. The van der Waals surface area contributed by atoms with Gasteiger partial charge in [-0.2, -0.15) is 4.72 Å². The third-order valence-corrected chi connectivity index (χ3v) is 6.36. The van der Waals surface area contributed by atoms with Crippen LogP contribution in [0.2, 0.25) is 0 Å². The zero-order chi connectivity index (χ0) is 22.6. The molecule has 0 aromatic heterocycles. The molecular formula is C23H21FN2O5S. The highest BCUT2D eigenvalue weighted by Gasteiger charge is 2.35.